The molecule has 0 N–H and O–H groups in total. The lowest BCUT2D eigenvalue weighted by molar-refractivity contribution is 0.669. The monoisotopic (exact) mass is 631 g/mol. The SMILES string of the molecule is c1ccc2c(-c3ccc(-c4nc(-c5ccc6oc7ccccc7c6c5)nc(-c5ccc6sc7ccccc7c6c5)n4)cc3)cccc2c1. The molecule has 0 saturated carbocycles. The van der Waals surface area contributed by atoms with Gasteiger partial charge in [-0.25, -0.2) is 15.0 Å². The molecule has 0 saturated heterocycles. The maximum Gasteiger partial charge on any atom is 0.164 e. The van der Waals surface area contributed by atoms with Crippen molar-refractivity contribution in [3.63, 3.8) is 0 Å². The van der Waals surface area contributed by atoms with E-state index in [4.69, 9.17) is 19.4 Å². The number of furan rings is 1. The van der Waals surface area contributed by atoms with E-state index in [1.165, 1.54) is 36.5 Å². The predicted octanol–water partition coefficient (Wildman–Crippen LogP) is 12.0. The van der Waals surface area contributed by atoms with E-state index in [0.717, 1.165) is 44.2 Å². The molecule has 4 nitrogen and oxygen atoms in total. The minimum atomic E-state index is 0.621. The molecule has 0 aliphatic rings. The molecule has 3 aromatic heterocycles. The number of aromatic nitrogens is 3. The van der Waals surface area contributed by atoms with Crippen LogP contribution in [0.25, 0.3) is 98.2 Å². The van der Waals surface area contributed by atoms with Crippen LogP contribution in [-0.2, 0) is 0 Å². The molecule has 0 amide bonds. The number of fused-ring (bicyclic) bond motifs is 7. The summed E-state index contributed by atoms with van der Waals surface area (Å²) < 4.78 is 8.64. The predicted molar refractivity (Wildman–Crippen MR) is 199 cm³/mol. The number of nitrogens with zero attached hydrogens (tertiary/aromatic N) is 3. The van der Waals surface area contributed by atoms with Crippen molar-refractivity contribution in [2.75, 3.05) is 0 Å². The first-order chi connectivity index (χ1) is 23.7. The van der Waals surface area contributed by atoms with Crippen molar-refractivity contribution in [3.05, 3.63) is 152 Å². The first-order valence-electron chi connectivity index (χ1n) is 15.9. The third-order valence-electron chi connectivity index (χ3n) is 9.15. The second kappa shape index (κ2) is 10.7. The average molecular weight is 632 g/mol. The van der Waals surface area contributed by atoms with Crippen molar-refractivity contribution in [1.82, 2.24) is 15.0 Å². The molecule has 0 spiro atoms. The van der Waals surface area contributed by atoms with Crippen molar-refractivity contribution in [2.24, 2.45) is 0 Å². The number of para-hydroxylation sites is 1. The lowest BCUT2D eigenvalue weighted by atomic mass is 9.97. The van der Waals surface area contributed by atoms with E-state index < -0.39 is 0 Å². The van der Waals surface area contributed by atoms with Gasteiger partial charge >= 0.3 is 0 Å². The molecule has 0 fully saturated rings. The molecule has 7 aromatic carbocycles. The van der Waals surface area contributed by atoms with Gasteiger partial charge in [-0.05, 0) is 70.4 Å². The number of thiophene rings is 1. The van der Waals surface area contributed by atoms with Crippen LogP contribution in [-0.4, -0.2) is 15.0 Å². The van der Waals surface area contributed by atoms with E-state index in [2.05, 4.69) is 121 Å². The molecular weight excluding hydrogens is 607 g/mol. The Balaban J connectivity index is 1.14. The van der Waals surface area contributed by atoms with E-state index >= 15 is 0 Å². The van der Waals surface area contributed by atoms with Crippen LogP contribution < -0.4 is 0 Å². The second-order valence-electron chi connectivity index (χ2n) is 12.0. The Bertz CT molecular complexity index is 2710. The Hall–Kier alpha value is -6.17. The van der Waals surface area contributed by atoms with Gasteiger partial charge in [-0.1, -0.05) is 103 Å². The summed E-state index contributed by atoms with van der Waals surface area (Å²) in [6.07, 6.45) is 0. The van der Waals surface area contributed by atoms with Crippen LogP contribution in [0.1, 0.15) is 0 Å². The summed E-state index contributed by atoms with van der Waals surface area (Å²) in [4.78, 5) is 15.3. The minimum Gasteiger partial charge on any atom is -0.456 e. The third kappa shape index (κ3) is 4.40. The molecule has 0 unspecified atom stereocenters. The van der Waals surface area contributed by atoms with Crippen molar-refractivity contribution in [3.8, 4) is 45.3 Å². The average Bonchev–Trinajstić information content (AvgIpc) is 3.72. The molecular formula is C43H25N3OS. The van der Waals surface area contributed by atoms with Crippen LogP contribution in [0.3, 0.4) is 0 Å². The number of hydrogen-bond acceptors (Lipinski definition) is 5. The van der Waals surface area contributed by atoms with Crippen LogP contribution in [0.2, 0.25) is 0 Å². The van der Waals surface area contributed by atoms with Gasteiger partial charge in [-0.15, -0.1) is 11.3 Å². The highest BCUT2D eigenvalue weighted by molar-refractivity contribution is 7.25. The molecule has 0 aliphatic heterocycles. The minimum absolute atomic E-state index is 0.621. The Morgan fingerprint density at radius 2 is 0.938 bits per heavy atom. The largest absolute Gasteiger partial charge is 0.456 e. The Labute approximate surface area is 279 Å². The van der Waals surface area contributed by atoms with Crippen molar-refractivity contribution in [1.29, 1.82) is 0 Å². The summed E-state index contributed by atoms with van der Waals surface area (Å²) in [6.45, 7) is 0. The van der Waals surface area contributed by atoms with Crippen LogP contribution >= 0.6 is 11.3 Å². The number of benzene rings is 7. The molecule has 10 aromatic rings. The van der Waals surface area contributed by atoms with Gasteiger partial charge < -0.3 is 4.42 Å². The highest BCUT2D eigenvalue weighted by atomic mass is 32.1. The molecule has 0 radical (unpaired) electrons. The van der Waals surface area contributed by atoms with Gasteiger partial charge in [-0.3, -0.25) is 0 Å². The molecule has 0 bridgehead atoms. The topological polar surface area (TPSA) is 51.8 Å². The fourth-order valence-electron chi connectivity index (χ4n) is 6.77. The van der Waals surface area contributed by atoms with Crippen molar-refractivity contribution < 1.29 is 4.42 Å². The molecule has 3 heterocycles. The summed E-state index contributed by atoms with van der Waals surface area (Å²) in [6, 6.07) is 52.9. The van der Waals surface area contributed by atoms with Gasteiger partial charge in [0.2, 0.25) is 0 Å². The van der Waals surface area contributed by atoms with Crippen LogP contribution in [0, 0.1) is 0 Å². The molecule has 0 atom stereocenters. The molecule has 5 heteroatoms. The fourth-order valence-corrected chi connectivity index (χ4v) is 7.86. The first-order valence-corrected chi connectivity index (χ1v) is 16.7. The van der Waals surface area contributed by atoms with Crippen LogP contribution in [0.4, 0.5) is 0 Å². The van der Waals surface area contributed by atoms with E-state index in [1.807, 2.05) is 30.3 Å². The van der Waals surface area contributed by atoms with E-state index in [9.17, 15) is 0 Å². The van der Waals surface area contributed by atoms with E-state index in [0.29, 0.717) is 17.5 Å². The summed E-state index contributed by atoms with van der Waals surface area (Å²) in [7, 11) is 0. The van der Waals surface area contributed by atoms with Gasteiger partial charge in [0.25, 0.3) is 0 Å². The quantitative estimate of drug-likeness (QED) is 0.194. The fraction of sp³-hybridized carbons (Fsp3) is 0. The van der Waals surface area contributed by atoms with Crippen molar-refractivity contribution >= 4 is 64.2 Å². The van der Waals surface area contributed by atoms with Gasteiger partial charge in [-0.2, -0.15) is 0 Å². The zero-order valence-electron chi connectivity index (χ0n) is 25.6. The summed E-state index contributed by atoms with van der Waals surface area (Å²) >= 11 is 1.81. The highest BCUT2D eigenvalue weighted by Crippen LogP contribution is 2.37. The first kappa shape index (κ1) is 27.0. The molecule has 10 rings (SSSR count). The number of hydrogen-bond donors (Lipinski definition) is 0. The van der Waals surface area contributed by atoms with E-state index in [-0.39, 0.29) is 0 Å². The number of rotatable bonds is 4. The standard InChI is InChI=1S/C43H25N3OS/c1-2-10-31-26(8-1)9-7-13-32(31)27-16-18-28(19-17-27)41-44-42(29-20-22-38-35(24-29)33-11-3-5-14-37(33)47-38)46-43(45-41)30-21-23-40-36(25-30)34-12-4-6-15-39(34)48-40/h1-25H. The second-order valence-corrected chi connectivity index (χ2v) is 13.1. The molecule has 224 valence electrons. The summed E-state index contributed by atoms with van der Waals surface area (Å²) in [5, 5.41) is 7.02. The summed E-state index contributed by atoms with van der Waals surface area (Å²) in [5.74, 6) is 1.89. The Kier molecular flexibility index (Phi) is 6.01. The van der Waals surface area contributed by atoms with Crippen LogP contribution in [0.15, 0.2) is 156 Å². The van der Waals surface area contributed by atoms with Gasteiger partial charge in [0, 0.05) is 47.6 Å². The lowest BCUT2D eigenvalue weighted by Crippen LogP contribution is -2.00. The lowest BCUT2D eigenvalue weighted by Gasteiger charge is -2.10. The van der Waals surface area contributed by atoms with Gasteiger partial charge in [0.05, 0.1) is 0 Å². The molecule has 48 heavy (non-hydrogen) atoms. The molecule has 0 aliphatic carbocycles. The smallest absolute Gasteiger partial charge is 0.164 e. The normalized spacial score (nSPS) is 11.8. The third-order valence-corrected chi connectivity index (χ3v) is 10.3. The maximum atomic E-state index is 6.12. The van der Waals surface area contributed by atoms with E-state index in [1.54, 1.807) is 11.3 Å². The summed E-state index contributed by atoms with van der Waals surface area (Å²) in [5.41, 5.74) is 6.86. The Morgan fingerprint density at radius 1 is 0.375 bits per heavy atom. The zero-order chi connectivity index (χ0) is 31.6. The zero-order valence-corrected chi connectivity index (χ0v) is 26.4. The van der Waals surface area contributed by atoms with Crippen molar-refractivity contribution in [2.45, 2.75) is 0 Å². The van der Waals surface area contributed by atoms with Gasteiger partial charge in [0.1, 0.15) is 11.2 Å². The maximum absolute atomic E-state index is 6.12. The van der Waals surface area contributed by atoms with Gasteiger partial charge in [0.15, 0.2) is 17.5 Å². The Morgan fingerprint density at radius 3 is 1.77 bits per heavy atom. The van der Waals surface area contributed by atoms with Crippen LogP contribution in [0.5, 0.6) is 0 Å². The highest BCUT2D eigenvalue weighted by Gasteiger charge is 2.16.